The fraction of sp³-hybridized carbons (Fsp3) is 0.348. The summed E-state index contributed by atoms with van der Waals surface area (Å²) in [7, 11) is -0.853. The normalized spacial score (nSPS) is 17.2. The lowest BCUT2D eigenvalue weighted by Crippen LogP contribution is -2.72. The highest BCUT2D eigenvalue weighted by atomic mass is 32.2. The van der Waals surface area contributed by atoms with Gasteiger partial charge in [-0.15, -0.1) is 10.2 Å². The third-order valence-corrected chi connectivity index (χ3v) is 22.4. The van der Waals surface area contributed by atoms with E-state index in [2.05, 4.69) is 50.1 Å². The highest BCUT2D eigenvalue weighted by Crippen LogP contribution is 2.52. The van der Waals surface area contributed by atoms with Crippen LogP contribution in [0.4, 0.5) is 0 Å². The summed E-state index contributed by atoms with van der Waals surface area (Å²) in [5, 5.41) is 33.1. The molecule has 1 amide bonds. The first-order valence-corrected chi connectivity index (χ1v) is 26.5. The molecule has 0 aliphatic carbocycles. The van der Waals surface area contributed by atoms with Crippen LogP contribution < -0.4 is 20.7 Å². The van der Waals surface area contributed by atoms with E-state index in [-0.39, 0.29) is 35.1 Å². The van der Waals surface area contributed by atoms with Gasteiger partial charge in [0.15, 0.2) is 12.7 Å². The molecule has 1 N–H and O–H groups in total. The number of carbonyl (C=O) groups excluding carboxylic acids is 2. The lowest BCUT2D eigenvalue weighted by atomic mass is 9.73. The van der Waals surface area contributed by atoms with Crippen LogP contribution in [-0.2, 0) is 25.4 Å². The number of hydrogen-bond acceptors (Lipinski definition) is 11. The number of carbonyl (C=O) groups is 2. The highest BCUT2D eigenvalue weighted by molar-refractivity contribution is 8.01. The summed E-state index contributed by atoms with van der Waals surface area (Å²) in [4.78, 5) is 32.7. The number of aliphatic hydroxyl groups excluding tert-OH is 1. The minimum atomic E-state index is -3.31. The first-order chi connectivity index (χ1) is 28.7. The lowest BCUT2D eigenvalue weighted by Gasteiger charge is -2.55. The fourth-order valence-corrected chi connectivity index (χ4v) is 15.0. The maximum atomic E-state index is 15.6. The van der Waals surface area contributed by atoms with Crippen LogP contribution in [-0.4, -0.2) is 76.9 Å². The minimum Gasteiger partial charge on any atom is -0.497 e. The quantitative estimate of drug-likeness (QED) is 0.0327. The number of esters is 1. The summed E-state index contributed by atoms with van der Waals surface area (Å²) in [6.45, 7) is 9.26. The standard InChI is InChI=1S/C46H53N4O6PS2Si/c1-32(56-60(6,7)46(2,3)4)40-41(38(27-28-47)39(51)30-58-45-49-48-31-59-45)50(42(40)52)43(44(53)55-29-33-23-25-34(54-5)26-24-33)57(35-17-11-8-12-18-35,36-19-13-9-14-20-36)37-21-15-10-16-22-37/h8-26,31-32,38-41,51H,27,29-30H2,1-7H3/t32-,38+,39-,40-,41-/m1/s1. The van der Waals surface area contributed by atoms with Crippen LogP contribution in [0.25, 0.3) is 0 Å². The maximum Gasteiger partial charge on any atom is 0.356 e. The molecule has 1 aliphatic heterocycles. The zero-order chi connectivity index (χ0) is 43.1. The molecule has 0 bridgehead atoms. The van der Waals surface area contributed by atoms with Crippen LogP contribution in [0.5, 0.6) is 5.75 Å². The molecule has 1 aliphatic rings. The SMILES string of the molecule is COc1ccc(COC(=O)C(N2C(=O)[C@H]([C@@H](C)O[Si](C)(C)C(C)(C)C)[C@H]2[C@@H](CC#N)[C@H](O)CSc2nncs2)=P(c2ccccc2)(c2ccccc2)c2ccccc2)cc1. The topological polar surface area (TPSA) is 135 Å². The van der Waals surface area contributed by atoms with Gasteiger partial charge in [-0.3, -0.25) is 4.79 Å². The molecule has 10 nitrogen and oxygen atoms in total. The molecule has 60 heavy (non-hydrogen) atoms. The number of β-lactam (4-membered cyclic amide) rings is 1. The Balaban J connectivity index is 1.64. The number of amides is 1. The number of thioether (sulfide) groups is 1. The second-order valence-corrected chi connectivity index (χ2v) is 26.5. The van der Waals surface area contributed by atoms with Gasteiger partial charge in [0.05, 0.1) is 37.3 Å². The predicted octanol–water partition coefficient (Wildman–Crippen LogP) is 7.63. The van der Waals surface area contributed by atoms with E-state index in [1.54, 1.807) is 29.7 Å². The molecule has 4 aromatic carbocycles. The molecule has 0 saturated carbocycles. The second kappa shape index (κ2) is 19.4. The molecule has 5 aromatic rings. The first kappa shape index (κ1) is 45.0. The number of nitrogens with zero attached hydrogens (tertiary/aromatic N) is 4. The van der Waals surface area contributed by atoms with Gasteiger partial charge in [-0.1, -0.05) is 147 Å². The van der Waals surface area contributed by atoms with Crippen molar-refractivity contribution in [1.82, 2.24) is 15.1 Å². The van der Waals surface area contributed by atoms with Gasteiger partial charge < -0.3 is 23.9 Å². The van der Waals surface area contributed by atoms with Crippen molar-refractivity contribution >= 4 is 71.5 Å². The van der Waals surface area contributed by atoms with Gasteiger partial charge in [-0.25, -0.2) is 4.79 Å². The number of aliphatic hydroxyl groups is 1. The summed E-state index contributed by atoms with van der Waals surface area (Å²) >= 11 is 2.70. The van der Waals surface area contributed by atoms with Crippen LogP contribution in [0.15, 0.2) is 125 Å². The van der Waals surface area contributed by atoms with Gasteiger partial charge in [0.2, 0.25) is 5.91 Å². The van der Waals surface area contributed by atoms with Crippen molar-refractivity contribution < 1.29 is 28.6 Å². The summed E-state index contributed by atoms with van der Waals surface area (Å²) in [6.07, 6.45) is -1.76. The number of hydrogen-bond donors (Lipinski definition) is 1. The van der Waals surface area contributed by atoms with Gasteiger partial charge in [0, 0.05) is 25.0 Å². The summed E-state index contributed by atoms with van der Waals surface area (Å²) in [5.41, 5.74) is 2.54. The molecule has 1 fully saturated rings. The van der Waals surface area contributed by atoms with E-state index >= 15 is 9.59 Å². The Hall–Kier alpha value is -4.54. The zero-order valence-electron chi connectivity index (χ0n) is 35.1. The van der Waals surface area contributed by atoms with Crippen LogP contribution in [0.1, 0.15) is 39.7 Å². The number of likely N-dealkylation sites (tertiary alicyclic amines) is 1. The van der Waals surface area contributed by atoms with E-state index in [0.717, 1.165) is 21.5 Å². The Morgan fingerprint density at radius 3 is 1.97 bits per heavy atom. The number of nitriles is 1. The fourth-order valence-electron chi connectivity index (χ4n) is 7.63. The van der Waals surface area contributed by atoms with Gasteiger partial charge in [0.25, 0.3) is 0 Å². The Kier molecular flexibility index (Phi) is 14.6. The van der Waals surface area contributed by atoms with Crippen LogP contribution in [0.2, 0.25) is 18.1 Å². The molecular formula is C46H53N4O6PS2Si. The summed E-state index contributed by atoms with van der Waals surface area (Å²) in [6, 6.07) is 38.2. The Morgan fingerprint density at radius 2 is 1.50 bits per heavy atom. The van der Waals surface area contributed by atoms with Crippen molar-refractivity contribution in [3.8, 4) is 11.8 Å². The van der Waals surface area contributed by atoms with E-state index < -0.39 is 51.3 Å². The third kappa shape index (κ3) is 9.35. The zero-order valence-corrected chi connectivity index (χ0v) is 38.6. The van der Waals surface area contributed by atoms with E-state index in [1.807, 2.05) is 110 Å². The van der Waals surface area contributed by atoms with Crippen LogP contribution >= 0.6 is 30.0 Å². The molecular weight excluding hydrogens is 828 g/mol. The van der Waals surface area contributed by atoms with Crippen molar-refractivity contribution in [1.29, 1.82) is 5.26 Å². The van der Waals surface area contributed by atoms with E-state index in [1.165, 1.54) is 23.1 Å². The molecule has 14 heteroatoms. The van der Waals surface area contributed by atoms with E-state index in [4.69, 9.17) is 13.9 Å². The van der Waals surface area contributed by atoms with Crippen molar-refractivity contribution in [2.45, 2.75) is 81.4 Å². The van der Waals surface area contributed by atoms with Crippen molar-refractivity contribution in [2.75, 3.05) is 12.9 Å². The predicted molar refractivity (Wildman–Crippen MR) is 245 cm³/mol. The molecule has 6 rings (SSSR count). The smallest absolute Gasteiger partial charge is 0.356 e. The van der Waals surface area contributed by atoms with Crippen LogP contribution in [0.3, 0.4) is 0 Å². The molecule has 5 atom stereocenters. The molecule has 0 radical (unpaired) electrons. The Morgan fingerprint density at radius 1 is 0.950 bits per heavy atom. The molecule has 1 saturated heterocycles. The average molecular weight is 881 g/mol. The highest BCUT2D eigenvalue weighted by Gasteiger charge is 2.60. The van der Waals surface area contributed by atoms with Gasteiger partial charge in [0.1, 0.15) is 23.3 Å². The minimum absolute atomic E-state index is 0.0750. The number of ether oxygens (including phenoxy) is 2. The average Bonchev–Trinajstić information content (AvgIpc) is 3.78. The molecule has 2 heterocycles. The van der Waals surface area contributed by atoms with Gasteiger partial charge in [-0.2, -0.15) is 5.26 Å². The molecule has 314 valence electrons. The monoisotopic (exact) mass is 880 g/mol. The summed E-state index contributed by atoms with van der Waals surface area (Å²) < 4.78 is 19.4. The van der Waals surface area contributed by atoms with Crippen molar-refractivity contribution in [3.63, 3.8) is 0 Å². The Bertz CT molecular complexity index is 2200. The van der Waals surface area contributed by atoms with Gasteiger partial charge in [-0.05, 0) is 58.7 Å². The number of methoxy groups -OCH3 is 1. The van der Waals surface area contributed by atoms with Crippen LogP contribution in [0, 0.1) is 23.2 Å². The van der Waals surface area contributed by atoms with Crippen molar-refractivity contribution in [3.05, 3.63) is 126 Å². The molecule has 1 aromatic heterocycles. The van der Waals surface area contributed by atoms with E-state index in [9.17, 15) is 10.4 Å². The van der Waals surface area contributed by atoms with Crippen molar-refractivity contribution in [2.24, 2.45) is 11.8 Å². The van der Waals surface area contributed by atoms with Gasteiger partial charge >= 0.3 is 5.97 Å². The number of aromatic nitrogens is 2. The number of rotatable bonds is 17. The molecule has 0 spiro atoms. The summed E-state index contributed by atoms with van der Waals surface area (Å²) in [5.74, 6) is -1.69. The van der Waals surface area contributed by atoms with E-state index in [0.29, 0.717) is 10.1 Å². The number of benzene rings is 4. The third-order valence-electron chi connectivity index (χ3n) is 11.6. The largest absolute Gasteiger partial charge is 0.497 e. The Labute approximate surface area is 363 Å². The maximum absolute atomic E-state index is 15.6. The molecule has 0 unspecified atom stereocenters. The first-order valence-electron chi connectivity index (χ1n) is 19.9. The lowest BCUT2D eigenvalue weighted by molar-refractivity contribution is -0.163. The second-order valence-electron chi connectivity index (χ2n) is 16.3.